The molecule has 0 radical (unpaired) electrons. The average Bonchev–Trinajstić information content (AvgIpc) is 2.43. The molecule has 0 heterocycles. The number of rotatable bonds is 6. The maximum Gasteiger partial charge on any atom is 1.00 e. The molecule has 1 rings (SSSR count). The maximum atomic E-state index is 11.8. The van der Waals surface area contributed by atoms with Crippen LogP contribution in [0.15, 0.2) is 30.3 Å². The second-order valence-electron chi connectivity index (χ2n) is 4.03. The Labute approximate surface area is 137 Å². The number of nitriles is 1. The van der Waals surface area contributed by atoms with Crippen molar-refractivity contribution in [3.05, 3.63) is 35.9 Å². The van der Waals surface area contributed by atoms with Gasteiger partial charge in [-0.05, 0) is 30.6 Å². The van der Waals surface area contributed by atoms with Crippen LogP contribution in [0.25, 0.3) is 0 Å². The first-order valence-electron chi connectivity index (χ1n) is 5.53. The van der Waals surface area contributed by atoms with E-state index in [2.05, 4.69) is 0 Å². The van der Waals surface area contributed by atoms with Crippen LogP contribution in [0, 0.1) is 11.3 Å². The first-order chi connectivity index (χ1) is 8.97. The van der Waals surface area contributed by atoms with Crippen molar-refractivity contribution in [3.63, 3.8) is 0 Å². The van der Waals surface area contributed by atoms with Crippen LogP contribution in [-0.4, -0.2) is 15.8 Å². The summed E-state index contributed by atoms with van der Waals surface area (Å²) in [7, 11) is 2.04. The van der Waals surface area contributed by atoms with E-state index >= 15 is 0 Å². The zero-order valence-corrected chi connectivity index (χ0v) is 12.9. The average molecular weight is 301 g/mol. The minimum absolute atomic E-state index is 0. The van der Waals surface area contributed by atoms with E-state index in [1.807, 2.05) is 12.1 Å². The van der Waals surface area contributed by atoms with Gasteiger partial charge in [0, 0.05) is 11.5 Å². The van der Waals surface area contributed by atoms with Gasteiger partial charge in [-0.25, -0.2) is 0 Å². The van der Waals surface area contributed by atoms with Crippen LogP contribution in [0.5, 0.6) is 0 Å². The first-order valence-corrected chi connectivity index (χ1v) is 7.68. The Bertz CT molecular complexity index is 504. The van der Waals surface area contributed by atoms with Gasteiger partial charge in [-0.15, -0.1) is 0 Å². The van der Waals surface area contributed by atoms with Crippen LogP contribution in [0.4, 0.5) is 0 Å². The normalized spacial score (nSPS) is 12.6. The summed E-state index contributed by atoms with van der Waals surface area (Å²) in [5, 5.41) is 19.3. The van der Waals surface area contributed by atoms with Crippen LogP contribution < -0.4 is 24.0 Å². The van der Waals surface area contributed by atoms with Gasteiger partial charge in [0.2, 0.25) is 5.12 Å². The van der Waals surface area contributed by atoms with Crippen LogP contribution in [0.3, 0.4) is 0 Å². The Kier molecular flexibility index (Phi) is 8.76. The quantitative estimate of drug-likeness (QED) is 0.496. The van der Waals surface area contributed by atoms with Crippen molar-refractivity contribution in [1.29, 1.82) is 5.26 Å². The number of carboxylic acids is 1. The molecule has 7 heteroatoms. The third-order valence-electron chi connectivity index (χ3n) is 2.35. The molecule has 1 unspecified atom stereocenters. The molecule has 0 aliphatic carbocycles. The minimum Gasteiger partial charge on any atom is -0.550 e. The van der Waals surface area contributed by atoms with Crippen molar-refractivity contribution in [3.8, 4) is 6.07 Å². The molecule has 0 saturated heterocycles. The Morgan fingerprint density at radius 3 is 2.45 bits per heavy atom. The van der Waals surface area contributed by atoms with Crippen molar-refractivity contribution < 1.29 is 33.6 Å². The van der Waals surface area contributed by atoms with E-state index in [0.717, 1.165) is 21.6 Å². The summed E-state index contributed by atoms with van der Waals surface area (Å²) in [5.74, 6) is -1.19. The molecule has 1 atom stereocenters. The monoisotopic (exact) mass is 301 g/mol. The van der Waals surface area contributed by atoms with Crippen molar-refractivity contribution in [2.75, 3.05) is 0 Å². The zero-order chi connectivity index (χ0) is 14.3. The molecule has 0 bridgehead atoms. The van der Waals surface area contributed by atoms with Gasteiger partial charge >= 0.3 is 18.9 Å². The number of carbonyl (C=O) groups excluding carboxylic acids is 2. The van der Waals surface area contributed by atoms with E-state index in [0.29, 0.717) is 5.56 Å². The number of carbonyl (C=O) groups is 2. The Balaban J connectivity index is 0.00000361. The predicted octanol–water partition coefficient (Wildman–Crippen LogP) is -0.975. The number of benzene rings is 1. The molecule has 4 nitrogen and oxygen atoms in total. The topological polar surface area (TPSA) is 81.0 Å². The van der Waals surface area contributed by atoms with Crippen molar-refractivity contribution >= 4 is 32.7 Å². The van der Waals surface area contributed by atoms with Gasteiger partial charge in [-0.2, -0.15) is 5.26 Å². The summed E-state index contributed by atoms with van der Waals surface area (Å²) >= 11 is 0. The standard InChI is InChI=1S/C13H13NO3S2.Li/c1-13(9-14,8-7-11(15)16)19-18-12(17)10-5-3-2-4-6-10;/h2-6H,7-8H2,1H3,(H,15,16);/q;+1/p-1. The van der Waals surface area contributed by atoms with Crippen molar-refractivity contribution in [1.82, 2.24) is 0 Å². The third kappa shape index (κ3) is 6.54. The van der Waals surface area contributed by atoms with E-state index < -0.39 is 10.7 Å². The number of hydrogen-bond donors (Lipinski definition) is 0. The summed E-state index contributed by atoms with van der Waals surface area (Å²) in [6.07, 6.45) is -0.0529. The molecule has 0 N–H and O–H groups in total. The molecule has 0 aromatic heterocycles. The van der Waals surface area contributed by atoms with Gasteiger partial charge in [0.15, 0.2) is 0 Å². The number of hydrogen-bond acceptors (Lipinski definition) is 6. The van der Waals surface area contributed by atoms with Crippen LogP contribution in [-0.2, 0) is 4.79 Å². The fraction of sp³-hybridized carbons (Fsp3) is 0.308. The zero-order valence-electron chi connectivity index (χ0n) is 11.3. The molecule has 0 spiro atoms. The summed E-state index contributed by atoms with van der Waals surface area (Å²) < 4.78 is -0.921. The van der Waals surface area contributed by atoms with E-state index in [-0.39, 0.29) is 36.8 Å². The number of aliphatic carboxylic acids is 1. The minimum atomic E-state index is -1.19. The van der Waals surface area contributed by atoms with Gasteiger partial charge in [0.05, 0.1) is 6.07 Å². The molecule has 0 aliphatic heterocycles. The van der Waals surface area contributed by atoms with Gasteiger partial charge in [0.1, 0.15) is 4.75 Å². The van der Waals surface area contributed by atoms with E-state index in [1.165, 1.54) is 0 Å². The van der Waals surface area contributed by atoms with Gasteiger partial charge in [0.25, 0.3) is 0 Å². The summed E-state index contributed by atoms with van der Waals surface area (Å²) in [6, 6.07) is 10.8. The molecule has 20 heavy (non-hydrogen) atoms. The summed E-state index contributed by atoms with van der Waals surface area (Å²) in [4.78, 5) is 22.3. The second kappa shape index (κ2) is 9.15. The molecule has 0 saturated carbocycles. The van der Waals surface area contributed by atoms with Gasteiger partial charge in [-0.1, -0.05) is 41.1 Å². The summed E-state index contributed by atoms with van der Waals surface area (Å²) in [6.45, 7) is 1.62. The molecule has 0 amide bonds. The second-order valence-corrected chi connectivity index (χ2v) is 6.64. The van der Waals surface area contributed by atoms with Gasteiger partial charge < -0.3 is 9.90 Å². The number of carboxylic acid groups (broad SMARTS) is 1. The molecule has 0 aliphatic rings. The smallest absolute Gasteiger partial charge is 0.550 e. The van der Waals surface area contributed by atoms with E-state index in [4.69, 9.17) is 5.26 Å². The first kappa shape index (κ1) is 19.1. The largest absolute Gasteiger partial charge is 1.00 e. The fourth-order valence-corrected chi connectivity index (χ4v) is 3.35. The summed E-state index contributed by atoms with van der Waals surface area (Å²) in [5.41, 5.74) is 0.556. The molecule has 100 valence electrons. The Hall–Kier alpha value is -0.853. The van der Waals surface area contributed by atoms with E-state index in [1.54, 1.807) is 31.2 Å². The Morgan fingerprint density at radius 2 is 1.95 bits per heavy atom. The van der Waals surface area contributed by atoms with E-state index in [9.17, 15) is 14.7 Å². The predicted molar refractivity (Wildman–Crippen MR) is 74.2 cm³/mol. The molecular formula is C13H12LiNO3S2. The molecular weight excluding hydrogens is 289 g/mol. The van der Waals surface area contributed by atoms with Gasteiger partial charge in [-0.3, -0.25) is 4.79 Å². The molecule has 1 aromatic carbocycles. The van der Waals surface area contributed by atoms with Crippen molar-refractivity contribution in [2.24, 2.45) is 0 Å². The molecule has 1 aromatic rings. The maximum absolute atomic E-state index is 11.8. The Morgan fingerprint density at radius 1 is 1.35 bits per heavy atom. The molecule has 0 fully saturated rings. The van der Waals surface area contributed by atoms with Crippen molar-refractivity contribution in [2.45, 2.75) is 24.5 Å². The SMILES string of the molecule is CC(C#N)(CCC(=O)[O-])SSC(=O)c1ccccc1.[Li+]. The van der Waals surface area contributed by atoms with Crippen LogP contribution in [0.1, 0.15) is 30.1 Å². The number of nitrogens with zero attached hydrogens (tertiary/aromatic N) is 1. The fourth-order valence-electron chi connectivity index (χ4n) is 1.21. The van der Waals surface area contributed by atoms with Crippen LogP contribution in [0.2, 0.25) is 0 Å². The third-order valence-corrected chi connectivity index (χ3v) is 5.29. The van der Waals surface area contributed by atoms with Crippen LogP contribution >= 0.6 is 21.6 Å².